The van der Waals surface area contributed by atoms with Crippen molar-refractivity contribution < 1.29 is 9.18 Å². The topological polar surface area (TPSA) is 55.1 Å². The van der Waals surface area contributed by atoms with Gasteiger partial charge in [0.25, 0.3) is 5.91 Å². The van der Waals surface area contributed by atoms with Crippen molar-refractivity contribution in [3.8, 4) is 0 Å². The fraction of sp³-hybridized carbons (Fsp3) is 0.533. The summed E-state index contributed by atoms with van der Waals surface area (Å²) in [4.78, 5) is 11.9. The summed E-state index contributed by atoms with van der Waals surface area (Å²) in [6.45, 7) is 6.29. The van der Waals surface area contributed by atoms with E-state index in [-0.39, 0.29) is 17.5 Å². The lowest BCUT2D eigenvalue weighted by Gasteiger charge is -2.15. The molecular formula is C15H23FN2O. The van der Waals surface area contributed by atoms with Crippen molar-refractivity contribution in [1.82, 2.24) is 5.32 Å². The zero-order chi connectivity index (χ0) is 14.4. The molecule has 0 aliphatic carbocycles. The summed E-state index contributed by atoms with van der Waals surface area (Å²) in [7, 11) is 0. The van der Waals surface area contributed by atoms with Gasteiger partial charge >= 0.3 is 0 Å². The van der Waals surface area contributed by atoms with Crippen molar-refractivity contribution in [2.24, 2.45) is 5.92 Å². The monoisotopic (exact) mass is 266 g/mol. The highest BCUT2D eigenvalue weighted by molar-refractivity contribution is 5.94. The highest BCUT2D eigenvalue weighted by Gasteiger charge is 2.14. The largest absolute Gasteiger partial charge is 0.399 e. The molecule has 0 aliphatic rings. The van der Waals surface area contributed by atoms with Gasteiger partial charge in [-0.1, -0.05) is 26.7 Å². The van der Waals surface area contributed by atoms with Gasteiger partial charge in [-0.2, -0.15) is 0 Å². The second-order valence-electron chi connectivity index (χ2n) is 5.44. The van der Waals surface area contributed by atoms with Crippen LogP contribution in [0.15, 0.2) is 18.2 Å². The van der Waals surface area contributed by atoms with E-state index in [4.69, 9.17) is 5.73 Å². The molecule has 0 radical (unpaired) electrons. The molecule has 0 aromatic heterocycles. The van der Waals surface area contributed by atoms with Crippen LogP contribution < -0.4 is 11.1 Å². The molecule has 3 N–H and O–H groups in total. The first-order chi connectivity index (χ1) is 8.90. The molecule has 0 saturated heterocycles. The number of rotatable bonds is 6. The van der Waals surface area contributed by atoms with Crippen LogP contribution in [0.2, 0.25) is 0 Å². The summed E-state index contributed by atoms with van der Waals surface area (Å²) in [5.74, 6) is -0.293. The van der Waals surface area contributed by atoms with E-state index in [0.29, 0.717) is 11.6 Å². The van der Waals surface area contributed by atoms with Gasteiger partial charge in [-0.3, -0.25) is 4.79 Å². The summed E-state index contributed by atoms with van der Waals surface area (Å²) in [6.07, 6.45) is 3.10. The van der Waals surface area contributed by atoms with Gasteiger partial charge in [0.2, 0.25) is 0 Å². The van der Waals surface area contributed by atoms with E-state index in [9.17, 15) is 9.18 Å². The molecule has 1 aromatic rings. The SMILES string of the molecule is CC(C)CCCC(C)NC(=O)c1ccc(N)cc1F. The zero-order valence-electron chi connectivity index (χ0n) is 11.9. The maximum atomic E-state index is 13.6. The molecule has 0 spiro atoms. The van der Waals surface area contributed by atoms with Crippen LogP contribution >= 0.6 is 0 Å². The van der Waals surface area contributed by atoms with E-state index >= 15 is 0 Å². The molecular weight excluding hydrogens is 243 g/mol. The number of carbonyl (C=O) groups excluding carboxylic acids is 1. The summed E-state index contributed by atoms with van der Waals surface area (Å²) >= 11 is 0. The number of nitrogens with one attached hydrogen (secondary N) is 1. The number of halogens is 1. The third-order valence-corrected chi connectivity index (χ3v) is 3.03. The predicted octanol–water partition coefficient (Wildman–Crippen LogP) is 3.35. The molecule has 1 rings (SSSR count). The fourth-order valence-electron chi connectivity index (χ4n) is 1.92. The fourth-order valence-corrected chi connectivity index (χ4v) is 1.92. The Labute approximate surface area is 114 Å². The number of amides is 1. The molecule has 0 heterocycles. The van der Waals surface area contributed by atoms with Crippen molar-refractivity contribution in [2.75, 3.05) is 5.73 Å². The molecule has 0 fully saturated rings. The number of hydrogen-bond acceptors (Lipinski definition) is 2. The van der Waals surface area contributed by atoms with Gasteiger partial charge in [-0.25, -0.2) is 4.39 Å². The minimum absolute atomic E-state index is 0.0446. The first-order valence-corrected chi connectivity index (χ1v) is 6.76. The number of nitrogens with two attached hydrogens (primary N) is 1. The van der Waals surface area contributed by atoms with Crippen LogP contribution in [-0.4, -0.2) is 11.9 Å². The first-order valence-electron chi connectivity index (χ1n) is 6.76. The van der Waals surface area contributed by atoms with Gasteiger partial charge in [0.05, 0.1) is 5.56 Å². The Hall–Kier alpha value is -1.58. The molecule has 1 amide bonds. The highest BCUT2D eigenvalue weighted by Crippen LogP contribution is 2.13. The number of benzene rings is 1. The average Bonchev–Trinajstić information content (AvgIpc) is 2.27. The van der Waals surface area contributed by atoms with Crippen molar-refractivity contribution in [3.05, 3.63) is 29.6 Å². The molecule has 19 heavy (non-hydrogen) atoms. The molecule has 0 saturated carbocycles. The van der Waals surface area contributed by atoms with Gasteiger partial charge in [0, 0.05) is 11.7 Å². The maximum absolute atomic E-state index is 13.6. The van der Waals surface area contributed by atoms with E-state index < -0.39 is 5.82 Å². The number of hydrogen-bond donors (Lipinski definition) is 2. The first kappa shape index (κ1) is 15.5. The van der Waals surface area contributed by atoms with Crippen molar-refractivity contribution in [2.45, 2.75) is 46.1 Å². The molecule has 1 atom stereocenters. The van der Waals surface area contributed by atoms with Gasteiger partial charge in [-0.05, 0) is 37.5 Å². The lowest BCUT2D eigenvalue weighted by Crippen LogP contribution is -2.33. The summed E-state index contributed by atoms with van der Waals surface area (Å²) in [5, 5.41) is 2.81. The average molecular weight is 266 g/mol. The third-order valence-electron chi connectivity index (χ3n) is 3.03. The summed E-state index contributed by atoms with van der Waals surface area (Å²) in [6, 6.07) is 4.16. The van der Waals surface area contributed by atoms with E-state index in [2.05, 4.69) is 19.2 Å². The number of carbonyl (C=O) groups is 1. The zero-order valence-corrected chi connectivity index (χ0v) is 11.9. The van der Waals surface area contributed by atoms with Crippen LogP contribution in [0.1, 0.15) is 50.4 Å². The minimum Gasteiger partial charge on any atom is -0.399 e. The summed E-state index contributed by atoms with van der Waals surface area (Å²) in [5.41, 5.74) is 5.82. The van der Waals surface area contributed by atoms with Crippen LogP contribution in [-0.2, 0) is 0 Å². The highest BCUT2D eigenvalue weighted by atomic mass is 19.1. The van der Waals surface area contributed by atoms with Gasteiger partial charge < -0.3 is 11.1 Å². The van der Waals surface area contributed by atoms with E-state index in [1.807, 2.05) is 6.92 Å². The third kappa shape index (κ3) is 5.28. The number of anilines is 1. The second-order valence-corrected chi connectivity index (χ2v) is 5.44. The Morgan fingerprint density at radius 1 is 1.32 bits per heavy atom. The Morgan fingerprint density at radius 2 is 2.00 bits per heavy atom. The van der Waals surface area contributed by atoms with Crippen LogP contribution in [0, 0.1) is 11.7 Å². The predicted molar refractivity (Wildman–Crippen MR) is 76.4 cm³/mol. The van der Waals surface area contributed by atoms with Crippen LogP contribution in [0.5, 0.6) is 0 Å². The normalized spacial score (nSPS) is 12.5. The van der Waals surface area contributed by atoms with Crippen molar-refractivity contribution in [3.63, 3.8) is 0 Å². The Balaban J connectivity index is 2.50. The Kier molecular flexibility index (Phi) is 5.80. The Morgan fingerprint density at radius 3 is 2.58 bits per heavy atom. The molecule has 3 nitrogen and oxygen atoms in total. The number of nitrogen functional groups attached to an aromatic ring is 1. The molecule has 4 heteroatoms. The van der Waals surface area contributed by atoms with Gasteiger partial charge in [-0.15, -0.1) is 0 Å². The van der Waals surface area contributed by atoms with Crippen molar-refractivity contribution in [1.29, 1.82) is 0 Å². The van der Waals surface area contributed by atoms with Gasteiger partial charge in [0.15, 0.2) is 0 Å². The van der Waals surface area contributed by atoms with E-state index in [1.54, 1.807) is 0 Å². The quantitative estimate of drug-likeness (QED) is 0.776. The molecule has 1 aromatic carbocycles. The van der Waals surface area contributed by atoms with Crippen molar-refractivity contribution >= 4 is 11.6 Å². The lowest BCUT2D eigenvalue weighted by molar-refractivity contribution is 0.0934. The smallest absolute Gasteiger partial charge is 0.254 e. The van der Waals surface area contributed by atoms with Crippen LogP contribution in [0.4, 0.5) is 10.1 Å². The van der Waals surface area contributed by atoms with E-state index in [0.717, 1.165) is 19.3 Å². The molecule has 0 aliphatic heterocycles. The summed E-state index contributed by atoms with van der Waals surface area (Å²) < 4.78 is 13.6. The van der Waals surface area contributed by atoms with E-state index in [1.165, 1.54) is 18.2 Å². The molecule has 0 bridgehead atoms. The van der Waals surface area contributed by atoms with Crippen LogP contribution in [0.3, 0.4) is 0 Å². The standard InChI is InChI=1S/C15H23FN2O/c1-10(2)5-4-6-11(3)18-15(19)13-8-7-12(17)9-14(13)16/h7-11H,4-6,17H2,1-3H3,(H,18,19). The second kappa shape index (κ2) is 7.12. The minimum atomic E-state index is -0.577. The van der Waals surface area contributed by atoms with Crippen LogP contribution in [0.25, 0.3) is 0 Å². The maximum Gasteiger partial charge on any atom is 0.254 e. The lowest BCUT2D eigenvalue weighted by atomic mass is 10.0. The molecule has 1 unspecified atom stereocenters. The Bertz CT molecular complexity index is 432. The van der Waals surface area contributed by atoms with Gasteiger partial charge in [0.1, 0.15) is 5.82 Å². The molecule has 106 valence electrons.